The van der Waals surface area contributed by atoms with Crippen LogP contribution < -0.4 is 4.74 Å². The molecule has 4 nitrogen and oxygen atoms in total. The number of ether oxygens (including phenoxy) is 2. The molecule has 4 heteroatoms. The maximum Gasteiger partial charge on any atom is 0.411 e. The summed E-state index contributed by atoms with van der Waals surface area (Å²) in [7, 11) is 1.67. The third kappa shape index (κ3) is 3.21. The summed E-state index contributed by atoms with van der Waals surface area (Å²) in [5.41, 5.74) is 2.01. The van der Waals surface area contributed by atoms with E-state index in [-0.39, 0.29) is 12.1 Å². The Labute approximate surface area is 138 Å². The van der Waals surface area contributed by atoms with Gasteiger partial charge < -0.3 is 9.47 Å². The van der Waals surface area contributed by atoms with E-state index in [0.717, 1.165) is 24.2 Å². The molecule has 2 aliphatic rings. The summed E-state index contributed by atoms with van der Waals surface area (Å²) in [4.78, 5) is 14.5. The first kappa shape index (κ1) is 15.9. The number of hydrogen-bond acceptors (Lipinski definition) is 3. The van der Waals surface area contributed by atoms with Gasteiger partial charge in [-0.25, -0.2) is 4.79 Å². The third-order valence-corrected chi connectivity index (χ3v) is 4.47. The van der Waals surface area contributed by atoms with Gasteiger partial charge in [-0.2, -0.15) is 0 Å². The fourth-order valence-electron chi connectivity index (χ4n) is 3.48. The summed E-state index contributed by atoms with van der Waals surface area (Å²) in [5.74, 6) is 1.17. The highest BCUT2D eigenvalue weighted by Gasteiger charge is 2.38. The predicted molar refractivity (Wildman–Crippen MR) is 89.7 cm³/mol. The van der Waals surface area contributed by atoms with Gasteiger partial charge in [0.15, 0.2) is 0 Å². The molecule has 0 unspecified atom stereocenters. The largest absolute Gasteiger partial charge is 0.497 e. The molecule has 0 bridgehead atoms. The molecule has 0 N–H and O–H groups in total. The molecule has 1 aromatic carbocycles. The standard InChI is InChI=1S/C19H25NO3/c1-19(2,3)23-18(21)20-12-13-11-14(22-4)9-10-15(13)16-7-5-6-8-17(16)20/h6,8-11,16-17H,5,7,12H2,1-4H3/t16-,17-/m0/s1. The number of allylic oxidation sites excluding steroid dienone is 1. The van der Waals surface area contributed by atoms with E-state index in [1.807, 2.05) is 37.8 Å². The van der Waals surface area contributed by atoms with Crippen LogP contribution in [0.3, 0.4) is 0 Å². The summed E-state index contributed by atoms with van der Waals surface area (Å²) in [6.45, 7) is 6.27. The van der Waals surface area contributed by atoms with Crippen molar-refractivity contribution in [2.24, 2.45) is 0 Å². The van der Waals surface area contributed by atoms with Gasteiger partial charge in [0.2, 0.25) is 0 Å². The lowest BCUT2D eigenvalue weighted by atomic mass is 9.78. The molecular formula is C19H25NO3. The van der Waals surface area contributed by atoms with Crippen molar-refractivity contribution in [2.45, 2.75) is 57.7 Å². The summed E-state index contributed by atoms with van der Waals surface area (Å²) >= 11 is 0. The molecule has 0 saturated carbocycles. The van der Waals surface area contributed by atoms with Gasteiger partial charge in [-0.1, -0.05) is 18.2 Å². The third-order valence-electron chi connectivity index (χ3n) is 4.47. The van der Waals surface area contributed by atoms with Crippen molar-refractivity contribution in [1.82, 2.24) is 4.90 Å². The highest BCUT2D eigenvalue weighted by atomic mass is 16.6. The number of fused-ring (bicyclic) bond motifs is 3. The first-order chi connectivity index (χ1) is 10.9. The fraction of sp³-hybridized carbons (Fsp3) is 0.526. The Kier molecular flexibility index (Phi) is 4.09. The highest BCUT2D eigenvalue weighted by molar-refractivity contribution is 5.70. The molecule has 0 saturated heterocycles. The predicted octanol–water partition coefficient (Wildman–Crippen LogP) is 4.25. The first-order valence-electron chi connectivity index (χ1n) is 8.22. The topological polar surface area (TPSA) is 38.8 Å². The van der Waals surface area contributed by atoms with Crippen LogP contribution in [0.4, 0.5) is 4.79 Å². The van der Waals surface area contributed by atoms with Gasteiger partial charge in [0.05, 0.1) is 19.7 Å². The Bertz CT molecular complexity index is 630. The number of amides is 1. The normalized spacial score (nSPS) is 23.0. The Morgan fingerprint density at radius 1 is 1.30 bits per heavy atom. The molecule has 0 spiro atoms. The minimum absolute atomic E-state index is 0.0829. The molecule has 0 radical (unpaired) electrons. The second kappa shape index (κ2) is 5.91. The molecular weight excluding hydrogens is 290 g/mol. The van der Waals surface area contributed by atoms with Crippen LogP contribution in [-0.2, 0) is 11.3 Å². The smallest absolute Gasteiger partial charge is 0.411 e. The zero-order valence-electron chi connectivity index (χ0n) is 14.3. The molecule has 1 amide bonds. The molecule has 2 atom stereocenters. The van der Waals surface area contributed by atoms with Crippen LogP contribution in [0.15, 0.2) is 30.4 Å². The van der Waals surface area contributed by atoms with E-state index >= 15 is 0 Å². The SMILES string of the molecule is COc1ccc2c(c1)CN(C(=O)OC(C)(C)C)[C@H]1C=CCC[C@@H]21. The second-order valence-corrected chi connectivity index (χ2v) is 7.28. The number of carbonyl (C=O) groups excluding carboxylic acids is 1. The first-order valence-corrected chi connectivity index (χ1v) is 8.22. The highest BCUT2D eigenvalue weighted by Crippen LogP contribution is 2.41. The van der Waals surface area contributed by atoms with E-state index in [9.17, 15) is 4.79 Å². The monoisotopic (exact) mass is 315 g/mol. The summed E-state index contributed by atoms with van der Waals surface area (Å²) in [5, 5.41) is 0. The maximum atomic E-state index is 12.7. The zero-order chi connectivity index (χ0) is 16.6. The van der Waals surface area contributed by atoms with Gasteiger partial charge in [-0.15, -0.1) is 0 Å². The number of carbonyl (C=O) groups is 1. The summed E-state index contributed by atoms with van der Waals surface area (Å²) in [6.07, 6.45) is 6.19. The van der Waals surface area contributed by atoms with Crippen molar-refractivity contribution in [3.05, 3.63) is 41.5 Å². The van der Waals surface area contributed by atoms with Crippen LogP contribution >= 0.6 is 0 Å². The summed E-state index contributed by atoms with van der Waals surface area (Å²) < 4.78 is 11.0. The lowest BCUT2D eigenvalue weighted by Crippen LogP contribution is -2.48. The van der Waals surface area contributed by atoms with Gasteiger partial charge in [-0.3, -0.25) is 4.90 Å². The zero-order valence-corrected chi connectivity index (χ0v) is 14.3. The van der Waals surface area contributed by atoms with E-state index in [1.165, 1.54) is 5.56 Å². The Hall–Kier alpha value is -1.97. The van der Waals surface area contributed by atoms with E-state index in [1.54, 1.807) is 7.11 Å². The number of nitrogens with zero attached hydrogens (tertiary/aromatic N) is 1. The molecule has 1 aliphatic heterocycles. The van der Waals surface area contributed by atoms with Crippen molar-refractivity contribution in [3.63, 3.8) is 0 Å². The number of hydrogen-bond donors (Lipinski definition) is 0. The average molecular weight is 315 g/mol. The van der Waals surface area contributed by atoms with Crippen molar-refractivity contribution >= 4 is 6.09 Å². The van der Waals surface area contributed by atoms with Crippen molar-refractivity contribution in [1.29, 1.82) is 0 Å². The van der Waals surface area contributed by atoms with Crippen molar-refractivity contribution < 1.29 is 14.3 Å². The van der Waals surface area contributed by atoms with Gasteiger partial charge in [0.1, 0.15) is 11.4 Å². The van der Waals surface area contributed by atoms with Crippen LogP contribution in [-0.4, -0.2) is 29.7 Å². The lowest BCUT2D eigenvalue weighted by molar-refractivity contribution is 0.0127. The van der Waals surface area contributed by atoms with E-state index in [4.69, 9.17) is 9.47 Å². The molecule has 23 heavy (non-hydrogen) atoms. The van der Waals surface area contributed by atoms with E-state index in [0.29, 0.717) is 12.5 Å². The van der Waals surface area contributed by atoms with Crippen molar-refractivity contribution in [3.8, 4) is 5.75 Å². The Balaban J connectivity index is 1.96. The maximum absolute atomic E-state index is 12.7. The van der Waals surface area contributed by atoms with Crippen LogP contribution in [0.2, 0.25) is 0 Å². The van der Waals surface area contributed by atoms with E-state index < -0.39 is 5.60 Å². The van der Waals surface area contributed by atoms with Gasteiger partial charge in [-0.05, 0) is 56.9 Å². The molecule has 0 aromatic heterocycles. The number of benzene rings is 1. The van der Waals surface area contributed by atoms with Gasteiger partial charge in [0, 0.05) is 5.92 Å². The van der Waals surface area contributed by atoms with Gasteiger partial charge in [0.25, 0.3) is 0 Å². The number of methoxy groups -OCH3 is 1. The minimum Gasteiger partial charge on any atom is -0.497 e. The van der Waals surface area contributed by atoms with E-state index in [2.05, 4.69) is 18.2 Å². The molecule has 1 aliphatic carbocycles. The van der Waals surface area contributed by atoms with Gasteiger partial charge >= 0.3 is 6.09 Å². The quantitative estimate of drug-likeness (QED) is 0.727. The molecule has 1 aromatic rings. The molecule has 0 fully saturated rings. The van der Waals surface area contributed by atoms with Crippen LogP contribution in [0.25, 0.3) is 0 Å². The van der Waals surface area contributed by atoms with Crippen LogP contribution in [0, 0.1) is 0 Å². The summed E-state index contributed by atoms with van der Waals surface area (Å²) in [6, 6.07) is 6.29. The van der Waals surface area contributed by atoms with Crippen LogP contribution in [0.5, 0.6) is 5.75 Å². The van der Waals surface area contributed by atoms with Crippen LogP contribution in [0.1, 0.15) is 50.7 Å². The molecule has 124 valence electrons. The minimum atomic E-state index is -0.486. The lowest BCUT2D eigenvalue weighted by Gasteiger charge is -2.43. The number of rotatable bonds is 1. The second-order valence-electron chi connectivity index (χ2n) is 7.28. The average Bonchev–Trinajstić information content (AvgIpc) is 2.51. The molecule has 3 rings (SSSR count). The molecule has 1 heterocycles. The van der Waals surface area contributed by atoms with Crippen molar-refractivity contribution in [2.75, 3.05) is 7.11 Å². The Morgan fingerprint density at radius 3 is 2.78 bits per heavy atom. The Morgan fingerprint density at radius 2 is 2.09 bits per heavy atom. The fourth-order valence-corrected chi connectivity index (χ4v) is 3.48.